The maximum Gasteiger partial charge on any atom is 0.322 e. The van der Waals surface area contributed by atoms with Gasteiger partial charge < -0.3 is 15.8 Å². The smallest absolute Gasteiger partial charge is 0.322 e. The summed E-state index contributed by atoms with van der Waals surface area (Å²) in [7, 11) is 1.27. The van der Waals surface area contributed by atoms with Crippen LogP contribution in [0.25, 0.3) is 0 Å². The lowest BCUT2D eigenvalue weighted by molar-refractivity contribution is -0.142. The van der Waals surface area contributed by atoms with Crippen LogP contribution < -0.4 is 11.1 Å². The van der Waals surface area contributed by atoms with Crippen LogP contribution in [0.1, 0.15) is 6.42 Å². The molecule has 0 aliphatic carbocycles. The zero-order chi connectivity index (χ0) is 10.7. The Bertz CT molecular complexity index is 259. The molecule has 1 amide bonds. The Labute approximate surface area is 82.3 Å². The summed E-state index contributed by atoms with van der Waals surface area (Å²) in [6.07, 6.45) is 0.261. The first-order chi connectivity index (χ1) is 6.56. The zero-order valence-corrected chi connectivity index (χ0v) is 8.08. The van der Waals surface area contributed by atoms with E-state index >= 15 is 0 Å². The molecule has 1 heterocycles. The molecule has 1 fully saturated rings. The van der Waals surface area contributed by atoms with E-state index in [0.29, 0.717) is 6.54 Å². The average molecular weight is 198 g/mol. The molecule has 0 aromatic carbocycles. The summed E-state index contributed by atoms with van der Waals surface area (Å²) in [5.41, 5.74) is 6.31. The first kappa shape index (κ1) is 10.7. The molecule has 1 rings (SSSR count). The summed E-state index contributed by atoms with van der Waals surface area (Å²) in [4.78, 5) is 22.3. The van der Waals surface area contributed by atoms with Gasteiger partial charge in [0.2, 0.25) is 5.91 Å². The zero-order valence-electron chi connectivity index (χ0n) is 8.08. The summed E-state index contributed by atoms with van der Waals surface area (Å²) in [5, 5.41) is 2.64. The fourth-order valence-electron chi connectivity index (χ4n) is 1.41. The minimum Gasteiger partial charge on any atom is -0.468 e. The largest absolute Gasteiger partial charge is 0.468 e. The van der Waals surface area contributed by atoms with Crippen molar-refractivity contribution in [3.63, 3.8) is 0 Å². The summed E-state index contributed by atoms with van der Waals surface area (Å²) in [6.45, 7) is 4.20. The molecule has 0 radical (unpaired) electrons. The number of carbonyl (C=O) groups excluding carboxylic acids is 2. The summed E-state index contributed by atoms with van der Waals surface area (Å²) in [5.74, 6) is -0.976. The predicted octanol–water partition coefficient (Wildman–Crippen LogP) is -0.821. The second-order valence-electron chi connectivity index (χ2n) is 3.29. The highest BCUT2D eigenvalue weighted by Crippen LogP contribution is 2.20. The molecule has 3 N–H and O–H groups in total. The minimum atomic E-state index is -0.759. The first-order valence-electron chi connectivity index (χ1n) is 4.35. The third-order valence-corrected chi connectivity index (χ3v) is 2.29. The van der Waals surface area contributed by atoms with Crippen LogP contribution in [0.3, 0.4) is 0 Å². The van der Waals surface area contributed by atoms with Crippen molar-refractivity contribution in [2.75, 3.05) is 13.7 Å². The van der Waals surface area contributed by atoms with Crippen molar-refractivity contribution in [1.82, 2.24) is 5.32 Å². The third-order valence-electron chi connectivity index (χ3n) is 2.29. The standard InChI is InChI=1S/C9H14N2O3/c1-5-4-11-8(12)6(5)3-7(10)9(13)14-2/h6-7H,1,3-4,10H2,2H3,(H,11,12)/t6-,7+/m1/s1. The molecule has 14 heavy (non-hydrogen) atoms. The number of hydrogen-bond donors (Lipinski definition) is 2. The van der Waals surface area contributed by atoms with Gasteiger partial charge in [0, 0.05) is 6.54 Å². The molecule has 0 unspecified atom stereocenters. The van der Waals surface area contributed by atoms with Gasteiger partial charge in [-0.15, -0.1) is 0 Å². The number of nitrogens with one attached hydrogen (secondary N) is 1. The molecular weight excluding hydrogens is 184 g/mol. The Morgan fingerprint density at radius 2 is 2.50 bits per heavy atom. The highest BCUT2D eigenvalue weighted by molar-refractivity contribution is 5.86. The number of esters is 1. The topological polar surface area (TPSA) is 81.4 Å². The van der Waals surface area contributed by atoms with Gasteiger partial charge in [0.05, 0.1) is 13.0 Å². The molecule has 1 aliphatic heterocycles. The van der Waals surface area contributed by atoms with Crippen LogP contribution in [0, 0.1) is 5.92 Å². The molecule has 0 aromatic heterocycles. The number of methoxy groups -OCH3 is 1. The molecule has 1 saturated heterocycles. The van der Waals surface area contributed by atoms with Gasteiger partial charge in [0.1, 0.15) is 6.04 Å². The van der Waals surface area contributed by atoms with Crippen LogP contribution in [-0.4, -0.2) is 31.6 Å². The molecule has 0 saturated carbocycles. The van der Waals surface area contributed by atoms with Gasteiger partial charge in [-0.2, -0.15) is 0 Å². The molecule has 2 atom stereocenters. The number of ether oxygens (including phenoxy) is 1. The molecule has 0 aromatic rings. The van der Waals surface area contributed by atoms with E-state index in [-0.39, 0.29) is 18.2 Å². The molecule has 0 spiro atoms. The van der Waals surface area contributed by atoms with Gasteiger partial charge in [0.15, 0.2) is 0 Å². The Morgan fingerprint density at radius 3 is 2.93 bits per heavy atom. The van der Waals surface area contributed by atoms with Crippen LogP contribution in [0.15, 0.2) is 12.2 Å². The number of hydrogen-bond acceptors (Lipinski definition) is 4. The van der Waals surface area contributed by atoms with Gasteiger partial charge >= 0.3 is 5.97 Å². The van der Waals surface area contributed by atoms with Crippen molar-refractivity contribution < 1.29 is 14.3 Å². The lowest BCUT2D eigenvalue weighted by Gasteiger charge is -2.13. The normalized spacial score (nSPS) is 23.1. The van der Waals surface area contributed by atoms with Crippen LogP contribution in [-0.2, 0) is 14.3 Å². The van der Waals surface area contributed by atoms with Crippen molar-refractivity contribution in [3.8, 4) is 0 Å². The maximum absolute atomic E-state index is 11.3. The molecule has 5 nitrogen and oxygen atoms in total. The van der Waals surface area contributed by atoms with E-state index in [0.717, 1.165) is 5.57 Å². The second kappa shape index (κ2) is 4.23. The van der Waals surface area contributed by atoms with Crippen molar-refractivity contribution >= 4 is 11.9 Å². The van der Waals surface area contributed by atoms with E-state index in [1.807, 2.05) is 0 Å². The van der Waals surface area contributed by atoms with E-state index in [1.165, 1.54) is 7.11 Å². The van der Waals surface area contributed by atoms with E-state index in [1.54, 1.807) is 0 Å². The monoisotopic (exact) mass is 198 g/mol. The van der Waals surface area contributed by atoms with Crippen molar-refractivity contribution in [2.24, 2.45) is 11.7 Å². The number of amides is 1. The Hall–Kier alpha value is -1.36. The number of carbonyl (C=O) groups is 2. The molecule has 1 aliphatic rings. The summed E-state index contributed by atoms with van der Waals surface area (Å²) >= 11 is 0. The van der Waals surface area contributed by atoms with Crippen molar-refractivity contribution in [2.45, 2.75) is 12.5 Å². The van der Waals surface area contributed by atoms with Crippen LogP contribution in [0.5, 0.6) is 0 Å². The van der Waals surface area contributed by atoms with E-state index in [2.05, 4.69) is 16.6 Å². The van der Waals surface area contributed by atoms with Crippen molar-refractivity contribution in [3.05, 3.63) is 12.2 Å². The van der Waals surface area contributed by atoms with Gasteiger partial charge in [-0.25, -0.2) is 0 Å². The minimum absolute atomic E-state index is 0.116. The number of rotatable bonds is 3. The Kier molecular flexibility index (Phi) is 3.24. The first-order valence-corrected chi connectivity index (χ1v) is 4.35. The molecular formula is C9H14N2O3. The van der Waals surface area contributed by atoms with E-state index < -0.39 is 12.0 Å². The highest BCUT2D eigenvalue weighted by Gasteiger charge is 2.31. The van der Waals surface area contributed by atoms with E-state index in [9.17, 15) is 9.59 Å². The highest BCUT2D eigenvalue weighted by atomic mass is 16.5. The SMILES string of the molecule is C=C1CNC(=O)[C@@H]1C[C@H](N)C(=O)OC. The second-order valence-corrected chi connectivity index (χ2v) is 3.29. The molecule has 78 valence electrons. The summed E-state index contributed by atoms with van der Waals surface area (Å²) < 4.78 is 4.47. The maximum atomic E-state index is 11.3. The average Bonchev–Trinajstić information content (AvgIpc) is 2.48. The van der Waals surface area contributed by atoms with E-state index in [4.69, 9.17) is 5.73 Å². The van der Waals surface area contributed by atoms with Crippen LogP contribution in [0.4, 0.5) is 0 Å². The quantitative estimate of drug-likeness (QED) is 0.458. The third kappa shape index (κ3) is 2.11. The summed E-state index contributed by atoms with van der Waals surface area (Å²) in [6, 6.07) is -0.759. The van der Waals surface area contributed by atoms with Gasteiger partial charge in [0.25, 0.3) is 0 Å². The van der Waals surface area contributed by atoms with Crippen LogP contribution >= 0.6 is 0 Å². The van der Waals surface area contributed by atoms with Gasteiger partial charge in [-0.05, 0) is 12.0 Å². The lowest BCUT2D eigenvalue weighted by Crippen LogP contribution is -2.35. The Morgan fingerprint density at radius 1 is 1.86 bits per heavy atom. The number of nitrogens with two attached hydrogens (primary N) is 1. The molecule has 0 bridgehead atoms. The van der Waals surface area contributed by atoms with Gasteiger partial charge in [-0.1, -0.05) is 6.58 Å². The van der Waals surface area contributed by atoms with Gasteiger partial charge in [-0.3, -0.25) is 9.59 Å². The fraction of sp³-hybridized carbons (Fsp3) is 0.556. The molecule has 5 heteroatoms. The Balaban J connectivity index is 2.55. The fourth-order valence-corrected chi connectivity index (χ4v) is 1.41. The lowest BCUT2D eigenvalue weighted by atomic mass is 9.95. The van der Waals surface area contributed by atoms with Crippen molar-refractivity contribution in [1.29, 1.82) is 0 Å². The van der Waals surface area contributed by atoms with Crippen LogP contribution in [0.2, 0.25) is 0 Å². The predicted molar refractivity (Wildman–Crippen MR) is 50.2 cm³/mol.